The first-order valence-corrected chi connectivity index (χ1v) is 6.90. The number of hydrogen-bond donors (Lipinski definition) is 0. The van der Waals surface area contributed by atoms with Crippen LogP contribution in [-0.2, 0) is 12.8 Å². The first kappa shape index (κ1) is 11.1. The van der Waals surface area contributed by atoms with E-state index in [4.69, 9.17) is 0 Å². The summed E-state index contributed by atoms with van der Waals surface area (Å²) in [7, 11) is 0. The van der Waals surface area contributed by atoms with Gasteiger partial charge in [-0.1, -0.05) is 6.92 Å². The van der Waals surface area contributed by atoms with Gasteiger partial charge >= 0.3 is 0 Å². The SMILES string of the molecule is CCCN1CCC[C@H]2Cc3ncncc3C[C@@H]21. The molecule has 1 fully saturated rings. The third-order valence-corrected chi connectivity index (χ3v) is 4.31. The molecule has 0 unspecified atom stereocenters. The van der Waals surface area contributed by atoms with Crippen molar-refractivity contribution in [2.45, 2.75) is 45.1 Å². The minimum Gasteiger partial charge on any atom is -0.300 e. The Morgan fingerprint density at radius 2 is 2.35 bits per heavy atom. The highest BCUT2D eigenvalue weighted by Gasteiger charge is 2.35. The molecule has 3 heteroatoms. The quantitative estimate of drug-likeness (QED) is 0.780. The van der Waals surface area contributed by atoms with Crippen LogP contribution in [0.4, 0.5) is 0 Å². The monoisotopic (exact) mass is 231 g/mol. The van der Waals surface area contributed by atoms with Crippen molar-refractivity contribution < 1.29 is 0 Å². The highest BCUT2D eigenvalue weighted by molar-refractivity contribution is 5.22. The standard InChI is InChI=1S/C14H21N3/c1-2-5-17-6-3-4-11-7-13-12(8-14(11)17)9-15-10-16-13/h9-11,14H,2-8H2,1H3/t11-,14-/m0/s1. The summed E-state index contributed by atoms with van der Waals surface area (Å²) < 4.78 is 0. The molecule has 0 aromatic carbocycles. The van der Waals surface area contributed by atoms with Gasteiger partial charge < -0.3 is 0 Å². The van der Waals surface area contributed by atoms with Crippen molar-refractivity contribution in [2.75, 3.05) is 13.1 Å². The summed E-state index contributed by atoms with van der Waals surface area (Å²) in [6.45, 7) is 4.83. The summed E-state index contributed by atoms with van der Waals surface area (Å²) in [6, 6.07) is 0.752. The molecule has 1 aromatic rings. The highest BCUT2D eigenvalue weighted by atomic mass is 15.2. The molecule has 1 aliphatic carbocycles. The smallest absolute Gasteiger partial charge is 0.115 e. The van der Waals surface area contributed by atoms with Gasteiger partial charge in [0.1, 0.15) is 6.33 Å². The minimum atomic E-state index is 0.752. The third kappa shape index (κ3) is 2.08. The highest BCUT2D eigenvalue weighted by Crippen LogP contribution is 2.33. The first-order chi connectivity index (χ1) is 8.38. The molecule has 1 saturated heterocycles. The van der Waals surface area contributed by atoms with Crippen LogP contribution in [0.25, 0.3) is 0 Å². The van der Waals surface area contributed by atoms with E-state index in [0.29, 0.717) is 0 Å². The largest absolute Gasteiger partial charge is 0.300 e. The van der Waals surface area contributed by atoms with Crippen molar-refractivity contribution in [3.63, 3.8) is 0 Å². The Bertz CT molecular complexity index is 389. The predicted molar refractivity (Wildman–Crippen MR) is 67.8 cm³/mol. The zero-order valence-corrected chi connectivity index (χ0v) is 10.6. The van der Waals surface area contributed by atoms with Gasteiger partial charge in [-0.2, -0.15) is 0 Å². The zero-order valence-electron chi connectivity index (χ0n) is 10.6. The molecule has 0 saturated carbocycles. The fourth-order valence-electron chi connectivity index (χ4n) is 3.52. The lowest BCUT2D eigenvalue weighted by molar-refractivity contribution is 0.0844. The number of nitrogens with zero attached hydrogens (tertiary/aromatic N) is 3. The van der Waals surface area contributed by atoms with Crippen LogP contribution in [0.2, 0.25) is 0 Å². The minimum absolute atomic E-state index is 0.752. The summed E-state index contributed by atoms with van der Waals surface area (Å²) in [5, 5.41) is 0. The Balaban J connectivity index is 1.84. The Morgan fingerprint density at radius 1 is 1.41 bits per heavy atom. The Morgan fingerprint density at radius 3 is 3.24 bits per heavy atom. The Kier molecular flexibility index (Phi) is 3.10. The number of likely N-dealkylation sites (tertiary alicyclic amines) is 1. The van der Waals surface area contributed by atoms with Crippen molar-refractivity contribution in [3.05, 3.63) is 23.8 Å². The maximum absolute atomic E-state index is 4.45. The van der Waals surface area contributed by atoms with Crippen LogP contribution in [0, 0.1) is 5.92 Å². The van der Waals surface area contributed by atoms with Crippen LogP contribution in [-0.4, -0.2) is 34.0 Å². The van der Waals surface area contributed by atoms with E-state index < -0.39 is 0 Å². The maximum atomic E-state index is 4.45. The van der Waals surface area contributed by atoms with Crippen molar-refractivity contribution in [1.29, 1.82) is 0 Å². The fourth-order valence-corrected chi connectivity index (χ4v) is 3.52. The summed E-state index contributed by atoms with van der Waals surface area (Å²) >= 11 is 0. The molecule has 0 amide bonds. The normalized spacial score (nSPS) is 28.5. The third-order valence-electron chi connectivity index (χ3n) is 4.31. The molecule has 2 atom stereocenters. The van der Waals surface area contributed by atoms with E-state index in [1.807, 2.05) is 6.20 Å². The number of aromatic nitrogens is 2. The molecule has 2 heterocycles. The molecule has 2 aliphatic rings. The average Bonchev–Trinajstić information content (AvgIpc) is 2.37. The van der Waals surface area contributed by atoms with E-state index >= 15 is 0 Å². The van der Waals surface area contributed by atoms with Gasteiger partial charge in [0.15, 0.2) is 0 Å². The molecule has 0 bridgehead atoms. The Labute approximate surface area is 103 Å². The van der Waals surface area contributed by atoms with E-state index in [9.17, 15) is 0 Å². The van der Waals surface area contributed by atoms with E-state index in [1.54, 1.807) is 6.33 Å². The van der Waals surface area contributed by atoms with Crippen LogP contribution in [0.5, 0.6) is 0 Å². The summed E-state index contributed by atoms with van der Waals surface area (Å²) in [6.07, 6.45) is 10.1. The van der Waals surface area contributed by atoms with Crippen molar-refractivity contribution >= 4 is 0 Å². The van der Waals surface area contributed by atoms with Gasteiger partial charge in [-0.25, -0.2) is 9.97 Å². The van der Waals surface area contributed by atoms with Gasteiger partial charge in [-0.3, -0.25) is 4.90 Å². The van der Waals surface area contributed by atoms with Crippen LogP contribution >= 0.6 is 0 Å². The molecule has 1 aliphatic heterocycles. The predicted octanol–water partition coefficient (Wildman–Crippen LogP) is 2.07. The molecular formula is C14H21N3. The molecule has 0 N–H and O–H groups in total. The van der Waals surface area contributed by atoms with Crippen molar-refractivity contribution in [1.82, 2.24) is 14.9 Å². The average molecular weight is 231 g/mol. The van der Waals surface area contributed by atoms with Gasteiger partial charge in [-0.05, 0) is 56.7 Å². The number of piperidine rings is 1. The van der Waals surface area contributed by atoms with E-state index in [0.717, 1.165) is 12.0 Å². The second-order valence-corrected chi connectivity index (χ2v) is 5.41. The molecule has 92 valence electrons. The van der Waals surface area contributed by atoms with Crippen molar-refractivity contribution in [2.24, 2.45) is 5.92 Å². The van der Waals surface area contributed by atoms with Crippen LogP contribution in [0.3, 0.4) is 0 Å². The van der Waals surface area contributed by atoms with Crippen molar-refractivity contribution in [3.8, 4) is 0 Å². The van der Waals surface area contributed by atoms with Gasteiger partial charge in [0, 0.05) is 17.9 Å². The zero-order chi connectivity index (χ0) is 11.7. The van der Waals surface area contributed by atoms with Gasteiger partial charge in [0.05, 0.1) is 0 Å². The van der Waals surface area contributed by atoms with Crippen LogP contribution < -0.4 is 0 Å². The second kappa shape index (κ2) is 4.73. The fraction of sp³-hybridized carbons (Fsp3) is 0.714. The molecular weight excluding hydrogens is 210 g/mol. The van der Waals surface area contributed by atoms with Gasteiger partial charge in [-0.15, -0.1) is 0 Å². The molecule has 0 spiro atoms. The van der Waals surface area contributed by atoms with E-state index in [2.05, 4.69) is 21.8 Å². The summed E-state index contributed by atoms with van der Waals surface area (Å²) in [4.78, 5) is 11.3. The van der Waals surface area contributed by atoms with E-state index in [1.165, 1.54) is 56.5 Å². The van der Waals surface area contributed by atoms with Gasteiger partial charge in [0.2, 0.25) is 0 Å². The lowest BCUT2D eigenvalue weighted by Gasteiger charge is -2.44. The van der Waals surface area contributed by atoms with E-state index in [-0.39, 0.29) is 0 Å². The lowest BCUT2D eigenvalue weighted by Crippen LogP contribution is -2.49. The van der Waals surface area contributed by atoms with Gasteiger partial charge in [0.25, 0.3) is 0 Å². The molecule has 1 aromatic heterocycles. The molecule has 0 radical (unpaired) electrons. The van der Waals surface area contributed by atoms with Crippen LogP contribution in [0.15, 0.2) is 12.5 Å². The number of fused-ring (bicyclic) bond motifs is 2. The summed E-state index contributed by atoms with van der Waals surface area (Å²) in [5.74, 6) is 0.831. The summed E-state index contributed by atoms with van der Waals surface area (Å²) in [5.41, 5.74) is 2.69. The second-order valence-electron chi connectivity index (χ2n) is 5.41. The lowest BCUT2D eigenvalue weighted by atomic mass is 9.77. The maximum Gasteiger partial charge on any atom is 0.115 e. The number of hydrogen-bond acceptors (Lipinski definition) is 3. The Hall–Kier alpha value is -0.960. The molecule has 3 nitrogen and oxygen atoms in total. The van der Waals surface area contributed by atoms with Crippen LogP contribution in [0.1, 0.15) is 37.4 Å². The number of rotatable bonds is 2. The first-order valence-electron chi connectivity index (χ1n) is 6.90. The molecule has 3 rings (SSSR count). The molecule has 17 heavy (non-hydrogen) atoms. The topological polar surface area (TPSA) is 29.0 Å².